The van der Waals surface area contributed by atoms with Crippen molar-refractivity contribution in [1.29, 1.82) is 0 Å². The van der Waals surface area contributed by atoms with Crippen LogP contribution < -0.4 is 10.1 Å². The largest absolute Gasteiger partial charge is 0.481 e. The Morgan fingerprint density at radius 2 is 1.74 bits per heavy atom. The molecular formula is C19H23NO3. The number of hydrogen-bond acceptors (Lipinski definition) is 3. The molecule has 0 spiro atoms. The fraction of sp³-hybridized carbons (Fsp3) is 0.316. The first-order valence-electron chi connectivity index (χ1n) is 7.67. The first-order valence-corrected chi connectivity index (χ1v) is 7.67. The third-order valence-electron chi connectivity index (χ3n) is 3.57. The molecule has 23 heavy (non-hydrogen) atoms. The van der Waals surface area contributed by atoms with Crippen LogP contribution in [0.5, 0.6) is 5.75 Å². The third kappa shape index (κ3) is 5.11. The summed E-state index contributed by atoms with van der Waals surface area (Å²) >= 11 is 0. The first-order chi connectivity index (χ1) is 11.1. The van der Waals surface area contributed by atoms with E-state index >= 15 is 0 Å². The van der Waals surface area contributed by atoms with Crippen molar-refractivity contribution in [3.05, 3.63) is 65.2 Å². The van der Waals surface area contributed by atoms with Gasteiger partial charge in [-0.25, -0.2) is 0 Å². The van der Waals surface area contributed by atoms with Crippen LogP contribution in [0.1, 0.15) is 23.6 Å². The van der Waals surface area contributed by atoms with Gasteiger partial charge in [-0.15, -0.1) is 0 Å². The molecule has 0 aliphatic heterocycles. The van der Waals surface area contributed by atoms with Gasteiger partial charge in [0.05, 0.1) is 6.61 Å². The number of methoxy groups -OCH3 is 1. The predicted octanol–water partition coefficient (Wildman–Crippen LogP) is 3.23. The maximum atomic E-state index is 12.2. The second-order valence-electron chi connectivity index (χ2n) is 5.49. The number of aryl methyl sites for hydroxylation is 1. The molecule has 0 fully saturated rings. The molecule has 0 saturated heterocycles. The lowest BCUT2D eigenvalue weighted by atomic mass is 10.1. The maximum absolute atomic E-state index is 12.2. The number of benzene rings is 2. The van der Waals surface area contributed by atoms with E-state index in [1.54, 1.807) is 14.0 Å². The van der Waals surface area contributed by atoms with Crippen molar-refractivity contribution in [3.63, 3.8) is 0 Å². The number of ether oxygens (including phenoxy) is 2. The topological polar surface area (TPSA) is 47.6 Å². The molecule has 0 saturated carbocycles. The zero-order valence-electron chi connectivity index (χ0n) is 13.8. The van der Waals surface area contributed by atoms with Gasteiger partial charge < -0.3 is 14.8 Å². The zero-order valence-corrected chi connectivity index (χ0v) is 13.8. The van der Waals surface area contributed by atoms with E-state index in [2.05, 4.69) is 5.32 Å². The van der Waals surface area contributed by atoms with Gasteiger partial charge in [0.1, 0.15) is 5.75 Å². The van der Waals surface area contributed by atoms with E-state index < -0.39 is 6.10 Å². The normalized spacial score (nSPS) is 11.8. The van der Waals surface area contributed by atoms with E-state index in [4.69, 9.17) is 9.47 Å². The van der Waals surface area contributed by atoms with Crippen LogP contribution in [0.3, 0.4) is 0 Å². The van der Waals surface area contributed by atoms with E-state index in [1.165, 1.54) is 0 Å². The summed E-state index contributed by atoms with van der Waals surface area (Å²) in [5, 5.41) is 2.91. The monoisotopic (exact) mass is 313 g/mol. The number of rotatable bonds is 7. The summed E-state index contributed by atoms with van der Waals surface area (Å²) in [5.74, 6) is 0.552. The van der Waals surface area contributed by atoms with Crippen molar-refractivity contribution < 1.29 is 14.3 Å². The molecule has 1 unspecified atom stereocenters. The molecule has 4 nitrogen and oxygen atoms in total. The van der Waals surface area contributed by atoms with Crippen molar-refractivity contribution in [3.8, 4) is 5.75 Å². The van der Waals surface area contributed by atoms with Crippen molar-refractivity contribution in [1.82, 2.24) is 5.32 Å². The van der Waals surface area contributed by atoms with Crippen LogP contribution in [-0.2, 0) is 22.7 Å². The first kappa shape index (κ1) is 17.0. The second-order valence-corrected chi connectivity index (χ2v) is 5.49. The Balaban J connectivity index is 1.90. The Morgan fingerprint density at radius 1 is 1.09 bits per heavy atom. The van der Waals surface area contributed by atoms with Crippen LogP contribution >= 0.6 is 0 Å². The highest BCUT2D eigenvalue weighted by atomic mass is 16.5. The zero-order chi connectivity index (χ0) is 16.7. The van der Waals surface area contributed by atoms with Gasteiger partial charge in [0.2, 0.25) is 0 Å². The van der Waals surface area contributed by atoms with Crippen molar-refractivity contribution in [2.24, 2.45) is 0 Å². The van der Waals surface area contributed by atoms with Gasteiger partial charge in [-0.1, -0.05) is 42.0 Å². The molecule has 1 atom stereocenters. The fourth-order valence-electron chi connectivity index (χ4n) is 2.23. The Kier molecular flexibility index (Phi) is 6.18. The average Bonchev–Trinajstić information content (AvgIpc) is 2.56. The predicted molar refractivity (Wildman–Crippen MR) is 90.3 cm³/mol. The van der Waals surface area contributed by atoms with Gasteiger partial charge in [0, 0.05) is 13.7 Å². The summed E-state index contributed by atoms with van der Waals surface area (Å²) < 4.78 is 10.8. The molecule has 2 aromatic rings. The Bertz CT molecular complexity index is 637. The summed E-state index contributed by atoms with van der Waals surface area (Å²) in [4.78, 5) is 12.2. The van der Waals surface area contributed by atoms with Crippen LogP contribution in [0.25, 0.3) is 0 Å². The molecular weight excluding hydrogens is 290 g/mol. The highest BCUT2D eigenvalue weighted by molar-refractivity contribution is 5.80. The highest BCUT2D eigenvalue weighted by Gasteiger charge is 2.14. The minimum atomic E-state index is -0.549. The summed E-state index contributed by atoms with van der Waals surface area (Å²) in [6.07, 6.45) is -0.549. The lowest BCUT2D eigenvalue weighted by Crippen LogP contribution is -2.36. The van der Waals surface area contributed by atoms with Gasteiger partial charge in [0.15, 0.2) is 6.10 Å². The van der Waals surface area contributed by atoms with Crippen LogP contribution in [0.4, 0.5) is 0 Å². The Hall–Kier alpha value is -2.33. The van der Waals surface area contributed by atoms with E-state index in [9.17, 15) is 4.79 Å². The van der Waals surface area contributed by atoms with Gasteiger partial charge in [0.25, 0.3) is 5.91 Å². The molecule has 0 bridgehead atoms. The number of carbonyl (C=O) groups excluding carboxylic acids is 1. The molecule has 2 aromatic carbocycles. The number of nitrogens with one attached hydrogen (secondary N) is 1. The quantitative estimate of drug-likeness (QED) is 0.854. The summed E-state index contributed by atoms with van der Waals surface area (Å²) in [6.45, 7) is 4.75. The standard InChI is InChI=1S/C19H23NO3/c1-14-8-10-18(11-9-14)23-15(2)19(21)20-12-16-6-4-5-7-17(16)13-22-3/h4-11,15H,12-13H2,1-3H3,(H,20,21). The van der Waals surface area contributed by atoms with Crippen LogP contribution in [0.15, 0.2) is 48.5 Å². The van der Waals surface area contributed by atoms with Crippen molar-refractivity contribution >= 4 is 5.91 Å². The lowest BCUT2D eigenvalue weighted by molar-refractivity contribution is -0.127. The number of hydrogen-bond donors (Lipinski definition) is 1. The number of carbonyl (C=O) groups is 1. The lowest BCUT2D eigenvalue weighted by Gasteiger charge is -2.16. The van der Waals surface area contributed by atoms with Crippen molar-refractivity contribution in [2.75, 3.05) is 7.11 Å². The Morgan fingerprint density at radius 3 is 2.39 bits per heavy atom. The Labute approximate surface area is 137 Å². The molecule has 0 aliphatic rings. The molecule has 1 amide bonds. The summed E-state index contributed by atoms with van der Waals surface area (Å²) in [5.41, 5.74) is 3.27. The minimum Gasteiger partial charge on any atom is -0.481 e. The summed E-state index contributed by atoms with van der Waals surface area (Å²) in [6, 6.07) is 15.6. The van der Waals surface area contributed by atoms with Gasteiger partial charge in [-0.05, 0) is 37.1 Å². The molecule has 1 N–H and O–H groups in total. The fourth-order valence-corrected chi connectivity index (χ4v) is 2.23. The minimum absolute atomic E-state index is 0.141. The number of amides is 1. The molecule has 2 rings (SSSR count). The summed E-state index contributed by atoms with van der Waals surface area (Å²) in [7, 11) is 1.66. The van der Waals surface area contributed by atoms with Crippen LogP contribution in [-0.4, -0.2) is 19.1 Å². The van der Waals surface area contributed by atoms with Crippen molar-refractivity contribution in [2.45, 2.75) is 33.1 Å². The molecule has 0 heterocycles. The molecule has 122 valence electrons. The molecule has 0 aliphatic carbocycles. The van der Waals surface area contributed by atoms with Crippen LogP contribution in [0.2, 0.25) is 0 Å². The molecule has 0 radical (unpaired) electrons. The van der Waals surface area contributed by atoms with Gasteiger partial charge in [-0.2, -0.15) is 0 Å². The van der Waals surface area contributed by atoms with E-state index in [0.29, 0.717) is 18.9 Å². The van der Waals surface area contributed by atoms with E-state index in [0.717, 1.165) is 16.7 Å². The van der Waals surface area contributed by atoms with E-state index in [-0.39, 0.29) is 5.91 Å². The SMILES string of the molecule is COCc1ccccc1CNC(=O)C(C)Oc1ccc(C)cc1. The smallest absolute Gasteiger partial charge is 0.261 e. The van der Waals surface area contributed by atoms with Crippen LogP contribution in [0, 0.1) is 6.92 Å². The van der Waals surface area contributed by atoms with Gasteiger partial charge >= 0.3 is 0 Å². The van der Waals surface area contributed by atoms with E-state index in [1.807, 2.05) is 55.5 Å². The molecule has 4 heteroatoms. The van der Waals surface area contributed by atoms with Gasteiger partial charge in [-0.3, -0.25) is 4.79 Å². The third-order valence-corrected chi connectivity index (χ3v) is 3.57. The maximum Gasteiger partial charge on any atom is 0.261 e. The molecule has 0 aromatic heterocycles. The second kappa shape index (κ2) is 8.34. The average molecular weight is 313 g/mol. The highest BCUT2D eigenvalue weighted by Crippen LogP contribution is 2.14.